The van der Waals surface area contributed by atoms with E-state index in [0.717, 1.165) is 6.08 Å². The molecule has 1 aromatic carbocycles. The minimum atomic E-state index is -8.33. The summed E-state index contributed by atoms with van der Waals surface area (Å²) in [4.78, 5) is 24.9. The molecule has 0 saturated heterocycles. The van der Waals surface area contributed by atoms with E-state index in [9.17, 15) is 124 Å². The Morgan fingerprint density at radius 2 is 0.920 bits per heavy atom. The molecule has 2 rings (SSSR count). The Morgan fingerprint density at radius 3 is 1.29 bits per heavy atom. The number of halogens is 26. The predicted octanol–water partition coefficient (Wildman–Crippen LogP) is 14.3. The number of rotatable bonds is 27. The second-order valence-corrected chi connectivity index (χ2v) is 17.8. The second kappa shape index (κ2) is 22.6. The second-order valence-electron chi connectivity index (χ2n) is 17.8. The van der Waals surface area contributed by atoms with Gasteiger partial charge in [-0.05, 0) is 69.2 Å². The average molecular weight is 1150 g/mol. The number of hydrogen-bond acceptors (Lipinski definition) is 6. The SMILES string of the molecule is CCC(C)(C)C(=O)NC1CCC(OC(=O)/C=C/c2ccc(OCCCC(C)(OCCC(F)(F)C(F)(F)C(F)(F)C(F)(F)C(F)(F)C(F)(F)F)OCCC(F)(F)C(F)(F)C(F)(F)C(F)(F)C(F)(F)C(F)(F)F)cc2)CC1. The zero-order chi connectivity index (χ0) is 58.7. The first-order valence-corrected chi connectivity index (χ1v) is 21.5. The maximum Gasteiger partial charge on any atom is 0.460 e. The highest BCUT2D eigenvalue weighted by Crippen LogP contribution is 2.62. The monoisotopic (exact) mass is 1150 g/mol. The van der Waals surface area contributed by atoms with E-state index >= 15 is 0 Å². The van der Waals surface area contributed by atoms with Crippen LogP contribution in [-0.2, 0) is 23.8 Å². The standard InChI is InChI=1S/C42H45F26NO6/c1-5-29(2,3)28(71)69-24-10-14-26(15-11-24)75-27(70)16-9-23-7-12-25(13-8-23)72-20-6-17-30(4,73-21-18-31(43,44)33(47,48)35(51,52)37(55,56)39(59,60)41(63,64)65)74-22-19-32(45,46)34(49,50)36(53,54)38(57,58)40(61,62)42(66,67)68/h7-9,12-13,16,24,26H,5-6,10-11,14-15,17-22H2,1-4H3,(H,69,71)/b16-9+. The molecule has 1 saturated carbocycles. The van der Waals surface area contributed by atoms with Crippen LogP contribution in [0.2, 0.25) is 0 Å². The molecule has 1 aliphatic carbocycles. The van der Waals surface area contributed by atoms with Crippen molar-refractivity contribution in [3.63, 3.8) is 0 Å². The molecule has 1 aliphatic rings. The zero-order valence-corrected chi connectivity index (χ0v) is 38.9. The van der Waals surface area contributed by atoms with E-state index < -0.39 is 140 Å². The fraction of sp³-hybridized carbons (Fsp3) is 0.762. The van der Waals surface area contributed by atoms with Crippen molar-refractivity contribution in [3.05, 3.63) is 35.9 Å². The Labute approximate surface area is 408 Å². The summed E-state index contributed by atoms with van der Waals surface area (Å²) in [5.74, 6) is -83.0. The zero-order valence-electron chi connectivity index (χ0n) is 38.9. The number of benzene rings is 1. The molecule has 1 fully saturated rings. The van der Waals surface area contributed by atoms with Crippen molar-refractivity contribution in [2.75, 3.05) is 19.8 Å². The van der Waals surface area contributed by atoms with E-state index in [1.165, 1.54) is 30.3 Å². The largest absolute Gasteiger partial charge is 0.494 e. The van der Waals surface area contributed by atoms with Crippen LogP contribution in [0.5, 0.6) is 5.75 Å². The van der Waals surface area contributed by atoms with Crippen molar-refractivity contribution in [1.82, 2.24) is 5.32 Å². The molecule has 0 aliphatic heterocycles. The fourth-order valence-electron chi connectivity index (χ4n) is 6.39. The third-order valence-electron chi connectivity index (χ3n) is 11.8. The molecule has 0 heterocycles. The molecule has 0 bridgehead atoms. The smallest absolute Gasteiger partial charge is 0.460 e. The Hall–Kier alpha value is -4.20. The van der Waals surface area contributed by atoms with E-state index in [2.05, 4.69) is 14.8 Å². The van der Waals surface area contributed by atoms with Gasteiger partial charge in [-0.15, -0.1) is 0 Å². The van der Waals surface area contributed by atoms with Crippen LogP contribution in [0, 0.1) is 5.41 Å². The number of ether oxygens (including phenoxy) is 4. The lowest BCUT2D eigenvalue weighted by Crippen LogP contribution is -2.70. The molecule has 0 unspecified atom stereocenters. The van der Waals surface area contributed by atoms with E-state index in [4.69, 9.17) is 9.47 Å². The lowest BCUT2D eigenvalue weighted by Gasteiger charge is -2.40. The molecule has 75 heavy (non-hydrogen) atoms. The Morgan fingerprint density at radius 1 is 0.533 bits per heavy atom. The van der Waals surface area contributed by atoms with Crippen molar-refractivity contribution >= 4 is 18.0 Å². The molecule has 0 spiro atoms. The Balaban J connectivity index is 2.25. The number of nitrogens with one attached hydrogen (secondary N) is 1. The van der Waals surface area contributed by atoms with Gasteiger partial charge in [0.25, 0.3) is 0 Å². The minimum absolute atomic E-state index is 0.101. The van der Waals surface area contributed by atoms with Crippen LogP contribution >= 0.6 is 0 Å². The van der Waals surface area contributed by atoms with Crippen molar-refractivity contribution < 1.29 is 143 Å². The number of alkyl halides is 26. The number of carbonyl (C=O) groups is 2. The molecule has 7 nitrogen and oxygen atoms in total. The van der Waals surface area contributed by atoms with Crippen molar-refractivity contribution in [1.29, 1.82) is 0 Å². The maximum absolute atomic E-state index is 14.5. The summed E-state index contributed by atoms with van der Waals surface area (Å²) >= 11 is 0. The number of esters is 1. The third kappa shape index (κ3) is 13.9. The number of carbonyl (C=O) groups excluding carboxylic acids is 2. The van der Waals surface area contributed by atoms with Gasteiger partial charge in [0.2, 0.25) is 5.91 Å². The molecule has 1 aromatic rings. The highest BCUT2D eigenvalue weighted by Gasteiger charge is 2.92. The Bertz CT molecular complexity index is 2000. The summed E-state index contributed by atoms with van der Waals surface area (Å²) in [5, 5.41) is 2.96. The van der Waals surface area contributed by atoms with Gasteiger partial charge in [0.15, 0.2) is 5.79 Å². The van der Waals surface area contributed by atoms with Crippen molar-refractivity contribution in [2.24, 2.45) is 5.41 Å². The van der Waals surface area contributed by atoms with Gasteiger partial charge in [-0.1, -0.05) is 32.9 Å². The van der Waals surface area contributed by atoms with Crippen LogP contribution < -0.4 is 10.1 Å². The maximum atomic E-state index is 14.5. The molecular formula is C42H45F26NO6. The van der Waals surface area contributed by atoms with Crippen LogP contribution in [0.15, 0.2) is 30.3 Å². The van der Waals surface area contributed by atoms with Crippen LogP contribution in [0.3, 0.4) is 0 Å². The normalized spacial score (nSPS) is 18.1. The lowest BCUT2D eigenvalue weighted by molar-refractivity contribution is -0.441. The van der Waals surface area contributed by atoms with Crippen LogP contribution in [0.25, 0.3) is 6.08 Å². The first-order valence-electron chi connectivity index (χ1n) is 21.5. The van der Waals surface area contributed by atoms with E-state index in [0.29, 0.717) is 44.6 Å². The molecule has 33 heteroatoms. The molecular weight excluding hydrogens is 1110 g/mol. The average Bonchev–Trinajstić information content (AvgIpc) is 3.26. The Kier molecular flexibility index (Phi) is 20.2. The topological polar surface area (TPSA) is 83.1 Å². The van der Waals surface area contributed by atoms with Gasteiger partial charge in [0.1, 0.15) is 11.9 Å². The van der Waals surface area contributed by atoms with Gasteiger partial charge in [0.05, 0.1) is 19.8 Å². The highest BCUT2D eigenvalue weighted by molar-refractivity contribution is 5.87. The molecule has 436 valence electrons. The predicted molar refractivity (Wildman–Crippen MR) is 206 cm³/mol. The summed E-state index contributed by atoms with van der Waals surface area (Å²) in [6.45, 7) is 0.271. The summed E-state index contributed by atoms with van der Waals surface area (Å²) in [6.07, 6.45) is -19.3. The quantitative estimate of drug-likeness (QED) is 0.0311. The van der Waals surface area contributed by atoms with Gasteiger partial charge in [-0.2, -0.15) is 114 Å². The van der Waals surface area contributed by atoms with E-state index in [1.54, 1.807) is 13.8 Å². The number of hydrogen-bond donors (Lipinski definition) is 1. The van der Waals surface area contributed by atoms with Gasteiger partial charge in [0, 0.05) is 36.8 Å². The van der Waals surface area contributed by atoms with E-state index in [-0.39, 0.29) is 17.7 Å². The summed E-state index contributed by atoms with van der Waals surface area (Å²) in [6, 6.07) is 4.88. The summed E-state index contributed by atoms with van der Waals surface area (Å²) in [5.41, 5.74) is -0.269. The third-order valence-corrected chi connectivity index (χ3v) is 11.8. The fourth-order valence-corrected chi connectivity index (χ4v) is 6.39. The molecule has 0 aromatic heterocycles. The first-order chi connectivity index (χ1) is 33.4. The van der Waals surface area contributed by atoms with Crippen molar-refractivity contribution in [3.8, 4) is 5.75 Å². The van der Waals surface area contributed by atoms with Gasteiger partial charge in [-0.3, -0.25) is 4.79 Å². The highest BCUT2D eigenvalue weighted by atomic mass is 19.4. The minimum Gasteiger partial charge on any atom is -0.494 e. The van der Waals surface area contributed by atoms with Gasteiger partial charge >= 0.3 is 77.5 Å². The van der Waals surface area contributed by atoms with E-state index in [1.807, 2.05) is 6.92 Å². The van der Waals surface area contributed by atoms with Gasteiger partial charge < -0.3 is 24.3 Å². The van der Waals surface area contributed by atoms with Crippen LogP contribution in [-0.4, -0.2) is 121 Å². The van der Waals surface area contributed by atoms with Gasteiger partial charge in [-0.25, -0.2) is 4.79 Å². The molecule has 1 N–H and O–H groups in total. The summed E-state index contributed by atoms with van der Waals surface area (Å²) < 4.78 is 373. The first kappa shape index (κ1) is 66.9. The summed E-state index contributed by atoms with van der Waals surface area (Å²) in [7, 11) is 0. The molecule has 1 amide bonds. The van der Waals surface area contributed by atoms with Crippen molar-refractivity contribution in [2.45, 2.75) is 175 Å². The molecule has 0 radical (unpaired) electrons. The lowest BCUT2D eigenvalue weighted by atomic mass is 9.87. The number of amides is 1. The molecule has 0 atom stereocenters. The van der Waals surface area contributed by atoms with Crippen LogP contribution in [0.1, 0.15) is 91.0 Å². The van der Waals surface area contributed by atoms with Crippen LogP contribution in [0.4, 0.5) is 114 Å².